The predicted octanol–water partition coefficient (Wildman–Crippen LogP) is 2.60. The number of nitrogens with one attached hydrogen (secondary N) is 1. The first kappa shape index (κ1) is 13.6. The molecule has 0 fully saturated rings. The second kappa shape index (κ2) is 7.79. The van der Waals surface area contributed by atoms with Gasteiger partial charge in [-0.3, -0.25) is 0 Å². The van der Waals surface area contributed by atoms with E-state index in [9.17, 15) is 0 Å². The average molecular weight is 235 g/mol. The van der Waals surface area contributed by atoms with E-state index < -0.39 is 0 Å². The first-order valence-corrected chi connectivity index (χ1v) is 5.98. The molecule has 1 aromatic heterocycles. The van der Waals surface area contributed by atoms with Crippen LogP contribution in [-0.4, -0.2) is 29.7 Å². The van der Waals surface area contributed by atoms with Crippen molar-refractivity contribution in [1.82, 2.24) is 9.97 Å². The van der Waals surface area contributed by atoms with E-state index in [0.717, 1.165) is 31.1 Å². The molecular weight excluding hydrogens is 214 g/mol. The van der Waals surface area contributed by atoms with E-state index >= 15 is 0 Å². The molecule has 17 heavy (non-hydrogen) atoms. The van der Waals surface area contributed by atoms with Crippen molar-refractivity contribution >= 4 is 5.82 Å². The maximum Gasteiger partial charge on any atom is 0.129 e. The lowest BCUT2D eigenvalue weighted by Gasteiger charge is -2.08. The Morgan fingerprint density at radius 1 is 1.41 bits per heavy atom. The summed E-state index contributed by atoms with van der Waals surface area (Å²) >= 11 is 0. The van der Waals surface area contributed by atoms with Crippen molar-refractivity contribution in [2.45, 2.75) is 26.2 Å². The Bertz CT molecular complexity index is 339. The molecular formula is C13H21N3O. The third-order valence-corrected chi connectivity index (χ3v) is 2.30. The quantitative estimate of drug-likeness (QED) is 0.556. The van der Waals surface area contributed by atoms with Gasteiger partial charge in [-0.15, -0.1) is 6.58 Å². The zero-order valence-electron chi connectivity index (χ0n) is 10.6. The van der Waals surface area contributed by atoms with Crippen molar-refractivity contribution in [1.29, 1.82) is 0 Å². The highest BCUT2D eigenvalue weighted by molar-refractivity contribution is 5.35. The lowest BCUT2D eigenvalue weighted by atomic mass is 10.1. The summed E-state index contributed by atoms with van der Waals surface area (Å²) in [7, 11) is 0. The number of hydrogen-bond acceptors (Lipinski definition) is 4. The summed E-state index contributed by atoms with van der Waals surface area (Å²) in [6.45, 7) is 10.0. The summed E-state index contributed by atoms with van der Waals surface area (Å²) in [4.78, 5) is 8.38. The van der Waals surface area contributed by atoms with Gasteiger partial charge in [0.1, 0.15) is 12.1 Å². The van der Waals surface area contributed by atoms with E-state index in [1.807, 2.05) is 12.1 Å². The van der Waals surface area contributed by atoms with Crippen molar-refractivity contribution in [2.24, 2.45) is 0 Å². The van der Waals surface area contributed by atoms with Crippen LogP contribution in [0.5, 0.6) is 0 Å². The number of aromatic nitrogens is 2. The van der Waals surface area contributed by atoms with Gasteiger partial charge in [0.2, 0.25) is 0 Å². The van der Waals surface area contributed by atoms with Crippen LogP contribution in [0.1, 0.15) is 31.9 Å². The second-order valence-electron chi connectivity index (χ2n) is 4.10. The minimum Gasteiger partial charge on any atom is -0.379 e. The van der Waals surface area contributed by atoms with Gasteiger partial charge in [-0.1, -0.05) is 19.9 Å². The van der Waals surface area contributed by atoms with Gasteiger partial charge in [-0.05, 0) is 12.3 Å². The van der Waals surface area contributed by atoms with Crippen LogP contribution in [-0.2, 0) is 4.74 Å². The zero-order chi connectivity index (χ0) is 12.5. The summed E-state index contributed by atoms with van der Waals surface area (Å²) in [5.41, 5.74) is 1.05. The Morgan fingerprint density at radius 3 is 2.94 bits per heavy atom. The third-order valence-electron chi connectivity index (χ3n) is 2.30. The van der Waals surface area contributed by atoms with Gasteiger partial charge in [0.15, 0.2) is 0 Å². The van der Waals surface area contributed by atoms with Gasteiger partial charge in [0.25, 0.3) is 0 Å². The van der Waals surface area contributed by atoms with Gasteiger partial charge < -0.3 is 10.1 Å². The van der Waals surface area contributed by atoms with Gasteiger partial charge in [0.05, 0.1) is 13.2 Å². The zero-order valence-corrected chi connectivity index (χ0v) is 10.6. The van der Waals surface area contributed by atoms with Crippen LogP contribution in [0.3, 0.4) is 0 Å². The summed E-state index contributed by atoms with van der Waals surface area (Å²) in [6, 6.07) is 1.98. The van der Waals surface area contributed by atoms with Crippen molar-refractivity contribution < 1.29 is 4.74 Å². The standard InChI is InChI=1S/C13H21N3O/c1-4-5-7-17-8-6-14-13-9-12(11(2)3)15-10-16-13/h4,9-11H,1,5-8H2,2-3H3,(H,14,15,16). The lowest BCUT2D eigenvalue weighted by Crippen LogP contribution is -2.11. The molecule has 0 spiro atoms. The largest absolute Gasteiger partial charge is 0.379 e. The van der Waals surface area contributed by atoms with Crippen molar-refractivity contribution in [2.75, 3.05) is 25.1 Å². The molecule has 0 aliphatic carbocycles. The van der Waals surface area contributed by atoms with E-state index in [1.165, 1.54) is 0 Å². The van der Waals surface area contributed by atoms with Crippen LogP contribution in [0, 0.1) is 0 Å². The van der Waals surface area contributed by atoms with Gasteiger partial charge in [-0.25, -0.2) is 9.97 Å². The molecule has 94 valence electrons. The van der Waals surface area contributed by atoms with Crippen molar-refractivity contribution in [3.05, 3.63) is 30.7 Å². The van der Waals surface area contributed by atoms with Gasteiger partial charge in [-0.2, -0.15) is 0 Å². The SMILES string of the molecule is C=CCCOCCNc1cc(C(C)C)ncn1. The fourth-order valence-corrected chi connectivity index (χ4v) is 1.30. The van der Waals surface area contributed by atoms with Crippen molar-refractivity contribution in [3.63, 3.8) is 0 Å². The van der Waals surface area contributed by atoms with Crippen LogP contribution in [0.4, 0.5) is 5.82 Å². The molecule has 0 amide bonds. The molecule has 1 rings (SSSR count). The average Bonchev–Trinajstić information content (AvgIpc) is 2.34. The lowest BCUT2D eigenvalue weighted by molar-refractivity contribution is 0.149. The van der Waals surface area contributed by atoms with Gasteiger partial charge in [0, 0.05) is 18.3 Å². The number of anilines is 1. The molecule has 0 unspecified atom stereocenters. The Kier molecular flexibility index (Phi) is 6.25. The number of nitrogens with zero attached hydrogens (tertiary/aromatic N) is 2. The van der Waals surface area contributed by atoms with Crippen LogP contribution in [0.15, 0.2) is 25.0 Å². The molecule has 0 aromatic carbocycles. The summed E-state index contributed by atoms with van der Waals surface area (Å²) in [6.07, 6.45) is 4.34. The molecule has 0 bridgehead atoms. The summed E-state index contributed by atoms with van der Waals surface area (Å²) in [5, 5.41) is 3.21. The Morgan fingerprint density at radius 2 is 2.24 bits per heavy atom. The van der Waals surface area contributed by atoms with Crippen LogP contribution in [0.2, 0.25) is 0 Å². The molecule has 0 saturated heterocycles. The molecule has 0 aliphatic rings. The summed E-state index contributed by atoms with van der Waals surface area (Å²) < 4.78 is 5.40. The van der Waals surface area contributed by atoms with Crippen LogP contribution >= 0.6 is 0 Å². The Balaban J connectivity index is 2.26. The fraction of sp³-hybridized carbons (Fsp3) is 0.538. The summed E-state index contributed by atoms with van der Waals surface area (Å²) in [5.74, 6) is 1.28. The first-order chi connectivity index (χ1) is 8.24. The number of hydrogen-bond donors (Lipinski definition) is 1. The Hall–Kier alpha value is -1.42. The van der Waals surface area contributed by atoms with E-state index in [1.54, 1.807) is 6.33 Å². The topological polar surface area (TPSA) is 47.0 Å². The van der Waals surface area contributed by atoms with Crippen molar-refractivity contribution in [3.8, 4) is 0 Å². The van der Waals surface area contributed by atoms with E-state index in [2.05, 4.69) is 35.7 Å². The maximum atomic E-state index is 5.40. The van der Waals surface area contributed by atoms with E-state index in [-0.39, 0.29) is 0 Å². The third kappa shape index (κ3) is 5.45. The fourth-order valence-electron chi connectivity index (χ4n) is 1.30. The van der Waals surface area contributed by atoms with Gasteiger partial charge >= 0.3 is 0 Å². The highest BCUT2D eigenvalue weighted by atomic mass is 16.5. The van der Waals surface area contributed by atoms with Crippen LogP contribution in [0.25, 0.3) is 0 Å². The molecule has 0 radical (unpaired) electrons. The molecule has 1 aromatic rings. The Labute approximate surface area is 103 Å². The highest BCUT2D eigenvalue weighted by Crippen LogP contribution is 2.13. The monoisotopic (exact) mass is 235 g/mol. The molecule has 0 atom stereocenters. The minimum atomic E-state index is 0.419. The second-order valence-corrected chi connectivity index (χ2v) is 4.10. The smallest absolute Gasteiger partial charge is 0.129 e. The van der Waals surface area contributed by atoms with Crippen LogP contribution < -0.4 is 5.32 Å². The molecule has 4 nitrogen and oxygen atoms in total. The highest BCUT2D eigenvalue weighted by Gasteiger charge is 2.02. The minimum absolute atomic E-state index is 0.419. The normalized spacial score (nSPS) is 10.5. The molecule has 1 N–H and O–H groups in total. The molecule has 1 heterocycles. The molecule has 4 heteroatoms. The maximum absolute atomic E-state index is 5.40. The van der Waals surface area contributed by atoms with E-state index in [0.29, 0.717) is 12.5 Å². The number of rotatable bonds is 8. The number of ether oxygens (including phenoxy) is 1. The molecule has 0 saturated carbocycles. The molecule has 0 aliphatic heterocycles. The van der Waals surface area contributed by atoms with E-state index in [4.69, 9.17) is 4.74 Å². The predicted molar refractivity (Wildman–Crippen MR) is 70.2 cm³/mol. The first-order valence-electron chi connectivity index (χ1n) is 5.98.